The molecule has 0 unspecified atom stereocenters. The molecule has 0 saturated carbocycles. The van der Waals surface area contributed by atoms with Gasteiger partial charge >= 0.3 is 0 Å². The molecule has 0 bridgehead atoms. The first-order chi connectivity index (χ1) is 11.5. The van der Waals surface area contributed by atoms with Crippen molar-refractivity contribution in [1.82, 2.24) is 9.80 Å². The van der Waals surface area contributed by atoms with Crippen molar-refractivity contribution >= 4 is 46.6 Å². The van der Waals surface area contributed by atoms with Gasteiger partial charge in [0.15, 0.2) is 0 Å². The number of halogens is 1. The van der Waals surface area contributed by atoms with Gasteiger partial charge in [-0.15, -0.1) is 11.8 Å². The van der Waals surface area contributed by atoms with Gasteiger partial charge in [-0.2, -0.15) is 0 Å². The molecule has 2 saturated heterocycles. The normalized spacial score (nSPS) is 19.0. The number of anilines is 2. The quantitative estimate of drug-likeness (QED) is 0.874. The Morgan fingerprint density at radius 3 is 2.71 bits per heavy atom. The molecule has 2 aliphatic rings. The molecule has 1 N–H and O–H groups in total. The Morgan fingerprint density at radius 2 is 2.04 bits per heavy atom. The van der Waals surface area contributed by atoms with Crippen LogP contribution in [0.2, 0.25) is 5.02 Å². The van der Waals surface area contributed by atoms with Crippen LogP contribution in [-0.2, 0) is 9.59 Å². The van der Waals surface area contributed by atoms with Gasteiger partial charge in [0.25, 0.3) is 0 Å². The van der Waals surface area contributed by atoms with Crippen molar-refractivity contribution in [3.8, 4) is 0 Å². The Morgan fingerprint density at radius 1 is 1.29 bits per heavy atom. The standard InChI is InChI=1S/C16H21ClN4O2S/c1-19-4-6-20(7-5-19)14-3-2-12(17)8-13(14)18-15(22)9-21-11-24-10-16(21)23/h2-3,8H,4-7,9-11H2,1H3,(H,18,22). The number of benzene rings is 1. The molecule has 1 aromatic carbocycles. The van der Waals surface area contributed by atoms with Crippen LogP contribution >= 0.6 is 23.4 Å². The van der Waals surface area contributed by atoms with E-state index in [4.69, 9.17) is 11.6 Å². The van der Waals surface area contributed by atoms with Crippen molar-refractivity contribution in [2.45, 2.75) is 0 Å². The molecule has 0 radical (unpaired) electrons. The SMILES string of the molecule is CN1CCN(c2ccc(Cl)cc2NC(=O)CN2CSCC2=O)CC1. The summed E-state index contributed by atoms with van der Waals surface area (Å²) in [5, 5.41) is 3.51. The molecule has 0 atom stereocenters. The zero-order chi connectivity index (χ0) is 17.1. The highest BCUT2D eigenvalue weighted by Crippen LogP contribution is 2.30. The molecule has 2 fully saturated rings. The summed E-state index contributed by atoms with van der Waals surface area (Å²) in [6, 6.07) is 5.55. The Labute approximate surface area is 151 Å². The molecule has 2 heterocycles. The second-order valence-electron chi connectivity index (χ2n) is 6.07. The molecule has 1 aromatic rings. The summed E-state index contributed by atoms with van der Waals surface area (Å²) in [5.74, 6) is 0.855. The molecule has 2 aliphatic heterocycles. The van der Waals surface area contributed by atoms with E-state index < -0.39 is 0 Å². The zero-order valence-electron chi connectivity index (χ0n) is 13.6. The molecule has 24 heavy (non-hydrogen) atoms. The minimum absolute atomic E-state index is 0.0144. The summed E-state index contributed by atoms with van der Waals surface area (Å²) in [7, 11) is 2.10. The number of rotatable bonds is 4. The molecule has 2 amide bonds. The van der Waals surface area contributed by atoms with E-state index in [1.165, 1.54) is 11.8 Å². The number of likely N-dealkylation sites (N-methyl/N-ethyl adjacent to an activating group) is 1. The molecule has 0 aromatic heterocycles. The van der Waals surface area contributed by atoms with Crippen LogP contribution in [0.4, 0.5) is 11.4 Å². The number of nitrogens with one attached hydrogen (secondary N) is 1. The molecule has 8 heteroatoms. The maximum atomic E-state index is 12.3. The fraction of sp³-hybridized carbons (Fsp3) is 0.500. The van der Waals surface area contributed by atoms with E-state index in [1.54, 1.807) is 11.0 Å². The lowest BCUT2D eigenvalue weighted by Crippen LogP contribution is -2.44. The van der Waals surface area contributed by atoms with Crippen LogP contribution in [0, 0.1) is 0 Å². The van der Waals surface area contributed by atoms with E-state index in [-0.39, 0.29) is 18.4 Å². The Balaban J connectivity index is 1.70. The fourth-order valence-corrected chi connectivity index (χ4v) is 3.91. The van der Waals surface area contributed by atoms with Crippen molar-refractivity contribution < 1.29 is 9.59 Å². The van der Waals surface area contributed by atoms with Crippen LogP contribution in [0.1, 0.15) is 0 Å². The molecule has 6 nitrogen and oxygen atoms in total. The number of amides is 2. The van der Waals surface area contributed by atoms with E-state index >= 15 is 0 Å². The molecule has 3 rings (SSSR count). The van der Waals surface area contributed by atoms with Crippen molar-refractivity contribution in [2.75, 3.05) is 61.6 Å². The largest absolute Gasteiger partial charge is 0.367 e. The van der Waals surface area contributed by atoms with Gasteiger partial charge in [0.1, 0.15) is 6.54 Å². The van der Waals surface area contributed by atoms with Gasteiger partial charge in [0.05, 0.1) is 23.0 Å². The smallest absolute Gasteiger partial charge is 0.244 e. The lowest BCUT2D eigenvalue weighted by molar-refractivity contribution is -0.130. The van der Waals surface area contributed by atoms with Gasteiger partial charge in [0.2, 0.25) is 11.8 Å². The molecule has 0 spiro atoms. The number of thioether (sulfide) groups is 1. The Hall–Kier alpha value is -1.44. The fourth-order valence-electron chi connectivity index (χ4n) is 2.83. The minimum Gasteiger partial charge on any atom is -0.367 e. The van der Waals surface area contributed by atoms with Crippen LogP contribution in [0.25, 0.3) is 0 Å². The molecule has 0 aliphatic carbocycles. The monoisotopic (exact) mass is 368 g/mol. The molecule has 130 valence electrons. The van der Waals surface area contributed by atoms with Crippen molar-refractivity contribution in [1.29, 1.82) is 0 Å². The Bertz CT molecular complexity index is 635. The predicted molar refractivity (Wildman–Crippen MR) is 98.8 cm³/mol. The molecular weight excluding hydrogens is 348 g/mol. The molecular formula is C16H21ClN4O2S. The van der Waals surface area contributed by atoms with Crippen LogP contribution in [0.3, 0.4) is 0 Å². The first-order valence-electron chi connectivity index (χ1n) is 7.91. The van der Waals surface area contributed by atoms with Gasteiger partial charge in [-0.25, -0.2) is 0 Å². The van der Waals surface area contributed by atoms with E-state index in [0.29, 0.717) is 22.3 Å². The average Bonchev–Trinajstić information content (AvgIpc) is 2.94. The van der Waals surface area contributed by atoms with Crippen molar-refractivity contribution in [2.24, 2.45) is 0 Å². The van der Waals surface area contributed by atoms with Crippen LogP contribution in [0.15, 0.2) is 18.2 Å². The topological polar surface area (TPSA) is 55.9 Å². The van der Waals surface area contributed by atoms with Gasteiger partial charge in [-0.1, -0.05) is 11.6 Å². The van der Waals surface area contributed by atoms with Crippen LogP contribution in [-0.4, -0.2) is 73.0 Å². The van der Waals surface area contributed by atoms with Crippen LogP contribution in [0.5, 0.6) is 0 Å². The number of carbonyl (C=O) groups is 2. The van der Waals surface area contributed by atoms with E-state index in [9.17, 15) is 9.59 Å². The number of piperazine rings is 1. The summed E-state index contributed by atoms with van der Waals surface area (Å²) in [5.41, 5.74) is 1.68. The highest BCUT2D eigenvalue weighted by molar-refractivity contribution is 8.00. The Kier molecular flexibility index (Phi) is 5.53. The zero-order valence-corrected chi connectivity index (χ0v) is 15.2. The van der Waals surface area contributed by atoms with E-state index in [0.717, 1.165) is 31.9 Å². The summed E-state index contributed by atoms with van der Waals surface area (Å²) >= 11 is 7.64. The summed E-state index contributed by atoms with van der Waals surface area (Å²) in [4.78, 5) is 30.1. The maximum absolute atomic E-state index is 12.3. The van der Waals surface area contributed by atoms with Gasteiger partial charge < -0.3 is 20.0 Å². The predicted octanol–water partition coefficient (Wildman–Crippen LogP) is 1.56. The summed E-state index contributed by atoms with van der Waals surface area (Å²) < 4.78 is 0. The highest BCUT2D eigenvalue weighted by atomic mass is 35.5. The average molecular weight is 369 g/mol. The second kappa shape index (κ2) is 7.63. The number of carbonyl (C=O) groups excluding carboxylic acids is 2. The third-order valence-electron chi connectivity index (χ3n) is 4.24. The highest BCUT2D eigenvalue weighted by Gasteiger charge is 2.24. The lowest BCUT2D eigenvalue weighted by Gasteiger charge is -2.35. The first-order valence-corrected chi connectivity index (χ1v) is 9.44. The second-order valence-corrected chi connectivity index (χ2v) is 7.46. The number of nitrogens with zero attached hydrogens (tertiary/aromatic N) is 3. The van der Waals surface area contributed by atoms with Crippen molar-refractivity contribution in [3.63, 3.8) is 0 Å². The van der Waals surface area contributed by atoms with E-state index in [1.807, 2.05) is 12.1 Å². The van der Waals surface area contributed by atoms with Crippen molar-refractivity contribution in [3.05, 3.63) is 23.2 Å². The van der Waals surface area contributed by atoms with E-state index in [2.05, 4.69) is 22.2 Å². The summed E-state index contributed by atoms with van der Waals surface area (Å²) in [6.45, 7) is 3.86. The summed E-state index contributed by atoms with van der Waals surface area (Å²) in [6.07, 6.45) is 0. The van der Waals surface area contributed by atoms with Gasteiger partial charge in [-0.3, -0.25) is 9.59 Å². The number of hydrogen-bond acceptors (Lipinski definition) is 5. The first kappa shape index (κ1) is 17.4. The van der Waals surface area contributed by atoms with Gasteiger partial charge in [-0.05, 0) is 25.2 Å². The minimum atomic E-state index is -0.191. The number of hydrogen-bond donors (Lipinski definition) is 1. The third kappa shape index (κ3) is 4.15. The lowest BCUT2D eigenvalue weighted by atomic mass is 10.2. The maximum Gasteiger partial charge on any atom is 0.244 e. The van der Waals surface area contributed by atoms with Crippen LogP contribution < -0.4 is 10.2 Å². The third-order valence-corrected chi connectivity index (χ3v) is 5.42. The van der Waals surface area contributed by atoms with Gasteiger partial charge in [0, 0.05) is 31.2 Å².